The molecule has 0 bridgehead atoms. The highest BCUT2D eigenvalue weighted by Gasteiger charge is 2.55. The summed E-state index contributed by atoms with van der Waals surface area (Å²) in [6.07, 6.45) is -6.90. The first-order valence-electron chi connectivity index (χ1n) is 16.4. The molecule has 1 amide bonds. The van der Waals surface area contributed by atoms with Crippen LogP contribution in [0.5, 0.6) is 0 Å². The largest absolute Gasteiger partial charge is 0.378 e. The second-order valence-corrected chi connectivity index (χ2v) is 13.7. The highest BCUT2D eigenvalue weighted by Crippen LogP contribution is 2.52. The molecule has 2 aromatic carbocycles. The average molecular weight is 780 g/mol. The number of pyridine rings is 1. The predicted octanol–water partition coefficient (Wildman–Crippen LogP) is 7.70. The Morgan fingerprint density at radius 1 is 0.963 bits per heavy atom. The Balaban J connectivity index is 1.35. The number of nitriles is 1. The molecule has 1 aliphatic heterocycles. The number of thiazole rings is 1. The molecule has 1 atom stereocenters. The minimum absolute atomic E-state index is 0.0163. The lowest BCUT2D eigenvalue weighted by Gasteiger charge is -2.29. The normalized spacial score (nSPS) is 17.0. The number of nitrogens with zero attached hydrogens (tertiary/aromatic N) is 6. The number of halogens is 9. The minimum atomic E-state index is -4.08. The maximum Gasteiger partial charge on any atom is 0.290 e. The smallest absolute Gasteiger partial charge is 0.290 e. The number of alkyl halides is 6. The van der Waals surface area contributed by atoms with E-state index in [1.165, 1.54) is 23.5 Å². The molecule has 7 rings (SSSR count). The van der Waals surface area contributed by atoms with Gasteiger partial charge in [-0.2, -0.15) is 24.1 Å². The van der Waals surface area contributed by atoms with E-state index < -0.39 is 90.4 Å². The predicted molar refractivity (Wildman–Crippen MR) is 176 cm³/mol. The zero-order valence-corrected chi connectivity index (χ0v) is 28.5. The summed E-state index contributed by atoms with van der Waals surface area (Å²) >= 11 is 1.25. The molecule has 0 radical (unpaired) electrons. The molecule has 1 saturated heterocycles. The van der Waals surface area contributed by atoms with E-state index in [1.807, 2.05) is 4.90 Å². The number of fused-ring (bicyclic) bond motifs is 2. The Labute approximate surface area is 304 Å². The number of rotatable bonds is 9. The minimum Gasteiger partial charge on any atom is -0.378 e. The summed E-state index contributed by atoms with van der Waals surface area (Å²) in [5.74, 6) is -12.1. The van der Waals surface area contributed by atoms with Crippen LogP contribution in [0.4, 0.5) is 44.6 Å². The maximum atomic E-state index is 15.1. The van der Waals surface area contributed by atoms with E-state index in [1.54, 1.807) is 12.1 Å². The first-order valence-corrected chi connectivity index (χ1v) is 17.2. The molecule has 19 heteroatoms. The number of ether oxygens (including phenoxy) is 1. The van der Waals surface area contributed by atoms with Crippen LogP contribution in [0.2, 0.25) is 0 Å². The van der Waals surface area contributed by atoms with E-state index >= 15 is 8.78 Å². The van der Waals surface area contributed by atoms with Crippen molar-refractivity contribution in [2.24, 2.45) is 0 Å². The van der Waals surface area contributed by atoms with Crippen LogP contribution in [0.3, 0.4) is 0 Å². The molecule has 9 nitrogen and oxygen atoms in total. The first-order chi connectivity index (χ1) is 25.6. The summed E-state index contributed by atoms with van der Waals surface area (Å²) in [5, 5.41) is 16.0. The molecule has 0 saturated carbocycles. The van der Waals surface area contributed by atoms with Crippen LogP contribution in [-0.4, -0.2) is 52.0 Å². The van der Waals surface area contributed by atoms with E-state index in [9.17, 15) is 40.8 Å². The van der Waals surface area contributed by atoms with Crippen LogP contribution >= 0.6 is 11.3 Å². The Kier molecular flexibility index (Phi) is 9.77. The third-order valence-electron chi connectivity index (χ3n) is 9.05. The number of benzene rings is 2. The van der Waals surface area contributed by atoms with Gasteiger partial charge in [0, 0.05) is 37.6 Å². The zero-order valence-electron chi connectivity index (χ0n) is 27.7. The van der Waals surface area contributed by atoms with Gasteiger partial charge in [0.05, 0.1) is 40.8 Å². The third-order valence-corrected chi connectivity index (χ3v) is 10.1. The lowest BCUT2D eigenvalue weighted by Crippen LogP contribution is -2.37. The fraction of sp³-hybridized carbons (Fsp3) is 0.343. The molecule has 2 aliphatic rings. The Morgan fingerprint density at radius 3 is 2.35 bits per heavy atom. The highest BCUT2D eigenvalue weighted by atomic mass is 32.1. The molecule has 54 heavy (non-hydrogen) atoms. The van der Waals surface area contributed by atoms with Crippen molar-refractivity contribution in [3.8, 4) is 17.2 Å². The number of anilines is 1. The van der Waals surface area contributed by atoms with E-state index in [0.29, 0.717) is 42.2 Å². The average Bonchev–Trinajstić information content (AvgIpc) is 3.73. The number of morpholine rings is 1. The number of hydrogen-bond acceptors (Lipinski definition) is 8. The van der Waals surface area contributed by atoms with Gasteiger partial charge in [0.1, 0.15) is 41.5 Å². The lowest BCUT2D eigenvalue weighted by atomic mass is 9.89. The number of carbonyl (C=O) groups is 1. The van der Waals surface area contributed by atoms with Gasteiger partial charge in [0.15, 0.2) is 10.8 Å². The fourth-order valence-corrected chi connectivity index (χ4v) is 7.62. The number of aromatic nitrogens is 4. The summed E-state index contributed by atoms with van der Waals surface area (Å²) < 4.78 is 137. The van der Waals surface area contributed by atoms with E-state index in [-0.39, 0.29) is 38.3 Å². The first kappa shape index (κ1) is 37.1. The molecule has 5 aromatic rings. The van der Waals surface area contributed by atoms with Crippen molar-refractivity contribution in [1.29, 1.82) is 5.26 Å². The van der Waals surface area contributed by atoms with Gasteiger partial charge in [-0.3, -0.25) is 9.48 Å². The van der Waals surface area contributed by atoms with Crippen LogP contribution < -0.4 is 10.2 Å². The van der Waals surface area contributed by atoms with Crippen molar-refractivity contribution >= 4 is 32.7 Å². The summed E-state index contributed by atoms with van der Waals surface area (Å²) in [4.78, 5) is 25.0. The molecule has 1 fully saturated rings. The quantitative estimate of drug-likeness (QED) is 0.153. The number of nitrogens with one attached hydrogen (secondary N) is 1. The van der Waals surface area contributed by atoms with Crippen molar-refractivity contribution < 1.29 is 49.0 Å². The van der Waals surface area contributed by atoms with Crippen LogP contribution in [0.15, 0.2) is 42.5 Å². The summed E-state index contributed by atoms with van der Waals surface area (Å²) in [7, 11) is 0. The molecular weight excluding hydrogens is 753 g/mol. The van der Waals surface area contributed by atoms with Gasteiger partial charge < -0.3 is 15.0 Å². The third kappa shape index (κ3) is 7.19. The van der Waals surface area contributed by atoms with E-state index in [2.05, 4.69) is 15.4 Å². The molecule has 1 aliphatic carbocycles. The number of carbonyl (C=O) groups excluding carboxylic acids is 1. The van der Waals surface area contributed by atoms with Gasteiger partial charge in [-0.25, -0.2) is 35.7 Å². The molecule has 4 heterocycles. The second-order valence-electron chi connectivity index (χ2n) is 12.7. The molecule has 0 spiro atoms. The van der Waals surface area contributed by atoms with Crippen LogP contribution in [0, 0.1) is 28.8 Å². The van der Waals surface area contributed by atoms with Crippen molar-refractivity contribution in [3.05, 3.63) is 93.7 Å². The van der Waals surface area contributed by atoms with Gasteiger partial charge in [0.2, 0.25) is 5.91 Å². The summed E-state index contributed by atoms with van der Waals surface area (Å²) in [6, 6.07) is 8.07. The highest BCUT2D eigenvalue weighted by molar-refractivity contribution is 7.22. The van der Waals surface area contributed by atoms with E-state index in [0.717, 1.165) is 18.2 Å². The lowest BCUT2D eigenvalue weighted by molar-refractivity contribution is -0.123. The molecule has 0 unspecified atom stereocenters. The molecule has 282 valence electrons. The molecule has 1 N–H and O–H groups in total. The standard InChI is InChI=1S/C35H26F9N7O2S/c36-20-9-17(10-21(37)13-20)11-24(46-26(52)16-51-30-27(29(49-51)31(39)40)34(41,42)3-4-35(30,43)44)28-22(18-1-2-23(38)19(12-18)15-45)14-25-32(47-28)48-33(54-25)50-5-7-53-8-6-50/h1-2,9-10,12-14,24,31H,3-8,11,16H2,(H,46,52)/t24-/m0/s1. The topological polar surface area (TPSA) is 109 Å². The number of hydrogen-bond donors (Lipinski definition) is 1. The van der Waals surface area contributed by atoms with Gasteiger partial charge in [-0.05, 0) is 47.9 Å². The van der Waals surface area contributed by atoms with Crippen molar-refractivity contribution in [1.82, 2.24) is 25.1 Å². The summed E-state index contributed by atoms with van der Waals surface area (Å²) in [6.45, 7) is 0.669. The van der Waals surface area contributed by atoms with Crippen molar-refractivity contribution in [3.63, 3.8) is 0 Å². The Morgan fingerprint density at radius 2 is 1.67 bits per heavy atom. The van der Waals surface area contributed by atoms with Gasteiger partial charge in [-0.15, -0.1) is 0 Å². The summed E-state index contributed by atoms with van der Waals surface area (Å²) in [5.41, 5.74) is -4.55. The molecular formula is C35H26F9N7O2S. The maximum absolute atomic E-state index is 15.1. The van der Waals surface area contributed by atoms with Gasteiger partial charge in [-0.1, -0.05) is 17.4 Å². The van der Waals surface area contributed by atoms with Crippen molar-refractivity contribution in [2.45, 2.75) is 50.1 Å². The van der Waals surface area contributed by atoms with Gasteiger partial charge >= 0.3 is 0 Å². The molecule has 3 aromatic heterocycles. The van der Waals surface area contributed by atoms with Crippen LogP contribution in [0.25, 0.3) is 21.5 Å². The van der Waals surface area contributed by atoms with Crippen LogP contribution in [0.1, 0.15) is 59.1 Å². The van der Waals surface area contributed by atoms with Crippen LogP contribution in [-0.2, 0) is 34.3 Å². The Hall–Kier alpha value is -5.22. The second kappa shape index (κ2) is 14.2. The zero-order chi connectivity index (χ0) is 38.5. The van der Waals surface area contributed by atoms with E-state index in [4.69, 9.17) is 9.72 Å². The monoisotopic (exact) mass is 779 g/mol. The van der Waals surface area contributed by atoms with Gasteiger partial charge in [0.25, 0.3) is 18.3 Å². The SMILES string of the molecule is N#Cc1cc(-c2cc3sc(N4CCOCC4)nc3nc2[C@H](Cc2cc(F)cc(F)c2)NC(=O)Cn2nc(C(F)F)c3c2C(F)(F)CCC3(F)F)ccc1F. The fourth-order valence-electron chi connectivity index (χ4n) is 6.63. The van der Waals surface area contributed by atoms with Crippen molar-refractivity contribution in [2.75, 3.05) is 31.2 Å². The Bertz CT molecular complexity index is 2280. The number of amides is 1.